The number of carbonyl (C=O) groups excluding carboxylic acids is 1. The lowest BCUT2D eigenvalue weighted by atomic mass is 9.98. The molecular formula is C25H25NO4. The van der Waals surface area contributed by atoms with Crippen molar-refractivity contribution >= 4 is 16.9 Å². The molecule has 0 N–H and O–H groups in total. The van der Waals surface area contributed by atoms with Gasteiger partial charge in [0.05, 0.1) is 23.6 Å². The summed E-state index contributed by atoms with van der Waals surface area (Å²) >= 11 is 0. The van der Waals surface area contributed by atoms with E-state index in [0.29, 0.717) is 35.6 Å². The lowest BCUT2D eigenvalue weighted by Gasteiger charge is -2.24. The first-order valence-electron chi connectivity index (χ1n) is 10.2. The van der Waals surface area contributed by atoms with Gasteiger partial charge in [-0.1, -0.05) is 44.2 Å². The van der Waals surface area contributed by atoms with Crippen LogP contribution < -0.4 is 10.2 Å². The molecule has 3 aromatic rings. The lowest BCUT2D eigenvalue weighted by Crippen LogP contribution is -2.29. The second kappa shape index (κ2) is 8.19. The minimum atomic E-state index is -0.542. The van der Waals surface area contributed by atoms with Gasteiger partial charge < -0.3 is 14.1 Å². The van der Waals surface area contributed by atoms with Gasteiger partial charge in [-0.2, -0.15) is 0 Å². The number of amides is 1. The van der Waals surface area contributed by atoms with Crippen LogP contribution in [0.3, 0.4) is 0 Å². The van der Waals surface area contributed by atoms with Crippen molar-refractivity contribution in [1.82, 2.24) is 4.90 Å². The summed E-state index contributed by atoms with van der Waals surface area (Å²) in [6, 6.07) is 14.1. The fourth-order valence-corrected chi connectivity index (χ4v) is 3.83. The van der Waals surface area contributed by atoms with Crippen molar-refractivity contribution < 1.29 is 13.9 Å². The smallest absolute Gasteiger partial charge is 0.291 e. The second-order valence-electron chi connectivity index (χ2n) is 7.92. The van der Waals surface area contributed by atoms with Crippen LogP contribution in [0.5, 0.6) is 5.75 Å². The molecular weight excluding hydrogens is 378 g/mol. The molecule has 30 heavy (non-hydrogen) atoms. The number of para-hydroxylation sites is 1. The molecule has 4 rings (SSSR count). The Kier molecular flexibility index (Phi) is 5.44. The zero-order valence-corrected chi connectivity index (χ0v) is 17.3. The topological polar surface area (TPSA) is 59.8 Å². The first-order valence-corrected chi connectivity index (χ1v) is 10.2. The molecule has 0 unspecified atom stereocenters. The summed E-state index contributed by atoms with van der Waals surface area (Å²) in [5.41, 5.74) is 1.43. The second-order valence-corrected chi connectivity index (χ2v) is 7.92. The van der Waals surface area contributed by atoms with Gasteiger partial charge in [0.25, 0.3) is 5.91 Å². The molecule has 0 saturated heterocycles. The van der Waals surface area contributed by atoms with Crippen molar-refractivity contribution in [1.29, 1.82) is 0 Å². The van der Waals surface area contributed by atoms with Gasteiger partial charge in [-0.25, -0.2) is 0 Å². The zero-order chi connectivity index (χ0) is 21.3. The highest BCUT2D eigenvalue weighted by molar-refractivity contribution is 5.99. The Hall–Kier alpha value is -3.34. The number of fused-ring (bicyclic) bond motifs is 2. The van der Waals surface area contributed by atoms with Gasteiger partial charge >= 0.3 is 0 Å². The molecule has 0 radical (unpaired) electrons. The molecule has 0 saturated carbocycles. The molecule has 0 aliphatic carbocycles. The van der Waals surface area contributed by atoms with Gasteiger partial charge in [0.1, 0.15) is 11.3 Å². The maximum Gasteiger partial charge on any atom is 0.291 e. The predicted octanol–water partition coefficient (Wildman–Crippen LogP) is 4.95. The molecule has 5 nitrogen and oxygen atoms in total. The molecule has 1 aliphatic rings. The number of hydrogen-bond acceptors (Lipinski definition) is 4. The van der Waals surface area contributed by atoms with Crippen LogP contribution in [0.15, 0.2) is 70.4 Å². The number of benzene rings is 2. The highest BCUT2D eigenvalue weighted by Gasteiger charge is 2.42. The van der Waals surface area contributed by atoms with Crippen molar-refractivity contribution in [2.75, 3.05) is 13.2 Å². The third kappa shape index (κ3) is 3.52. The first kappa shape index (κ1) is 20.0. The van der Waals surface area contributed by atoms with Crippen LogP contribution in [-0.2, 0) is 0 Å². The third-order valence-electron chi connectivity index (χ3n) is 5.34. The Morgan fingerprint density at radius 1 is 1.17 bits per heavy atom. The highest BCUT2D eigenvalue weighted by Crippen LogP contribution is 2.38. The average molecular weight is 403 g/mol. The Morgan fingerprint density at radius 3 is 2.73 bits per heavy atom. The number of hydrogen-bond donors (Lipinski definition) is 0. The molecule has 2 aromatic carbocycles. The van der Waals surface area contributed by atoms with Crippen LogP contribution in [0.1, 0.15) is 48.0 Å². The SMILES string of the molecule is C=CCN1C(=O)c2oc3ccccc3c(=O)c2[C@H]1c1cccc(OCCC(C)C)c1. The highest BCUT2D eigenvalue weighted by atomic mass is 16.5. The Labute approximate surface area is 175 Å². The summed E-state index contributed by atoms with van der Waals surface area (Å²) in [6.07, 6.45) is 2.61. The summed E-state index contributed by atoms with van der Waals surface area (Å²) in [7, 11) is 0. The molecule has 1 amide bonds. The lowest BCUT2D eigenvalue weighted by molar-refractivity contribution is 0.0748. The van der Waals surface area contributed by atoms with Crippen LogP contribution in [0.2, 0.25) is 0 Å². The Balaban J connectivity index is 1.81. The van der Waals surface area contributed by atoms with Crippen LogP contribution in [0.25, 0.3) is 11.0 Å². The number of ether oxygens (including phenoxy) is 1. The summed E-state index contributed by atoms with van der Waals surface area (Å²) in [4.78, 5) is 28.1. The number of carbonyl (C=O) groups is 1. The van der Waals surface area contributed by atoms with Crippen LogP contribution >= 0.6 is 0 Å². The van der Waals surface area contributed by atoms with Gasteiger partial charge in [-0.05, 0) is 42.2 Å². The number of nitrogens with zero attached hydrogens (tertiary/aromatic N) is 1. The van der Waals surface area contributed by atoms with E-state index >= 15 is 0 Å². The van der Waals surface area contributed by atoms with E-state index < -0.39 is 6.04 Å². The average Bonchev–Trinajstić information content (AvgIpc) is 3.01. The summed E-state index contributed by atoms with van der Waals surface area (Å²) in [5.74, 6) is 1.08. The molecule has 0 spiro atoms. The van der Waals surface area contributed by atoms with Crippen molar-refractivity contribution in [3.63, 3.8) is 0 Å². The number of rotatable bonds is 7. The molecule has 0 bridgehead atoms. The van der Waals surface area contributed by atoms with E-state index in [2.05, 4.69) is 20.4 Å². The largest absolute Gasteiger partial charge is 0.494 e. The normalized spacial score (nSPS) is 15.6. The van der Waals surface area contributed by atoms with E-state index in [0.717, 1.165) is 17.7 Å². The minimum Gasteiger partial charge on any atom is -0.494 e. The van der Waals surface area contributed by atoms with Gasteiger partial charge in [0, 0.05) is 6.54 Å². The fraction of sp³-hybridized carbons (Fsp3) is 0.280. The van der Waals surface area contributed by atoms with Gasteiger partial charge in [-0.15, -0.1) is 6.58 Å². The molecule has 2 heterocycles. The Morgan fingerprint density at radius 2 is 1.97 bits per heavy atom. The van der Waals surface area contributed by atoms with Crippen molar-refractivity contribution in [3.05, 3.63) is 88.3 Å². The van der Waals surface area contributed by atoms with Gasteiger partial charge in [0.2, 0.25) is 5.76 Å². The minimum absolute atomic E-state index is 0.108. The van der Waals surface area contributed by atoms with E-state index in [9.17, 15) is 9.59 Å². The van der Waals surface area contributed by atoms with Crippen molar-refractivity contribution in [3.8, 4) is 5.75 Å². The van der Waals surface area contributed by atoms with E-state index in [1.807, 2.05) is 24.3 Å². The molecule has 1 atom stereocenters. The summed E-state index contributed by atoms with van der Waals surface area (Å²) < 4.78 is 11.8. The summed E-state index contributed by atoms with van der Waals surface area (Å²) in [6.45, 7) is 9.00. The molecule has 0 fully saturated rings. The summed E-state index contributed by atoms with van der Waals surface area (Å²) in [5, 5.41) is 0.471. The molecule has 154 valence electrons. The van der Waals surface area contributed by atoms with Gasteiger partial charge in [-0.3, -0.25) is 9.59 Å². The quantitative estimate of drug-likeness (QED) is 0.524. The fourth-order valence-electron chi connectivity index (χ4n) is 3.83. The monoisotopic (exact) mass is 403 g/mol. The van der Waals surface area contributed by atoms with Crippen LogP contribution in [-0.4, -0.2) is 24.0 Å². The van der Waals surface area contributed by atoms with E-state index in [1.165, 1.54) is 0 Å². The maximum atomic E-state index is 13.3. The van der Waals surface area contributed by atoms with Gasteiger partial charge in [0.15, 0.2) is 5.43 Å². The van der Waals surface area contributed by atoms with Crippen molar-refractivity contribution in [2.45, 2.75) is 26.3 Å². The molecule has 1 aromatic heterocycles. The van der Waals surface area contributed by atoms with E-state index in [1.54, 1.807) is 35.2 Å². The predicted molar refractivity (Wildman–Crippen MR) is 117 cm³/mol. The molecule has 5 heteroatoms. The van der Waals surface area contributed by atoms with E-state index in [4.69, 9.17) is 9.15 Å². The van der Waals surface area contributed by atoms with Crippen molar-refractivity contribution in [2.24, 2.45) is 5.92 Å². The van der Waals surface area contributed by atoms with Crippen LogP contribution in [0, 0.1) is 5.92 Å². The zero-order valence-electron chi connectivity index (χ0n) is 17.3. The first-order chi connectivity index (χ1) is 14.5. The van der Waals surface area contributed by atoms with E-state index in [-0.39, 0.29) is 17.1 Å². The molecule has 1 aliphatic heterocycles. The maximum absolute atomic E-state index is 13.3. The standard InChI is InChI=1S/C25H25NO4/c1-4-13-26-22(17-8-7-9-18(15-17)29-14-12-16(2)3)21-23(27)19-10-5-6-11-20(19)30-24(21)25(26)28/h4-11,15-16,22H,1,12-14H2,2-3H3/t22-/m1/s1. The third-order valence-corrected chi connectivity index (χ3v) is 5.34. The Bertz CT molecular complexity index is 1160. The van der Waals surface area contributed by atoms with Crippen LogP contribution in [0.4, 0.5) is 0 Å².